The number of nitrogens with zero attached hydrogens (tertiary/aromatic N) is 2. The molecule has 0 fully saturated rings. The molecule has 0 atom stereocenters. The van der Waals surface area contributed by atoms with Crippen LogP contribution in [0.2, 0.25) is 5.15 Å². The Labute approximate surface area is 184 Å². The minimum Gasteiger partial charge on any atom is -0.461 e. The standard InChI is InChI=1S/C23H20ClN3O4/c1-2-31-23(30)22-19(26-21(29)10-11-25)13-20(24)27(22)18-8-6-16(7-9-18)17-5-3-4-15(12-17)14-28/h3-9,12-13,28H,2,10,14H2,1H3,(H,26,29). The van der Waals surface area contributed by atoms with Crippen LogP contribution in [0.1, 0.15) is 29.4 Å². The Morgan fingerprint density at radius 1 is 1.16 bits per heavy atom. The number of anilines is 1. The van der Waals surface area contributed by atoms with Crippen molar-refractivity contribution >= 4 is 29.2 Å². The molecule has 7 nitrogen and oxygen atoms in total. The number of aromatic nitrogens is 1. The van der Waals surface area contributed by atoms with Gasteiger partial charge in [-0.05, 0) is 47.9 Å². The molecule has 158 valence electrons. The summed E-state index contributed by atoms with van der Waals surface area (Å²) in [7, 11) is 0. The van der Waals surface area contributed by atoms with Gasteiger partial charge in [0.2, 0.25) is 5.91 Å². The Morgan fingerprint density at radius 2 is 1.90 bits per heavy atom. The Kier molecular flexibility index (Phi) is 7.08. The van der Waals surface area contributed by atoms with Crippen molar-refractivity contribution in [2.75, 3.05) is 11.9 Å². The molecule has 31 heavy (non-hydrogen) atoms. The van der Waals surface area contributed by atoms with Gasteiger partial charge in [0.1, 0.15) is 11.6 Å². The third-order valence-electron chi connectivity index (χ3n) is 4.51. The Morgan fingerprint density at radius 3 is 2.55 bits per heavy atom. The zero-order valence-electron chi connectivity index (χ0n) is 16.8. The molecule has 0 radical (unpaired) electrons. The molecule has 8 heteroatoms. The fourth-order valence-corrected chi connectivity index (χ4v) is 3.44. The molecular weight excluding hydrogens is 418 g/mol. The van der Waals surface area contributed by atoms with Gasteiger partial charge in [0.15, 0.2) is 5.69 Å². The lowest BCUT2D eigenvalue weighted by atomic mass is 10.0. The molecule has 1 aromatic heterocycles. The van der Waals surface area contributed by atoms with E-state index in [-0.39, 0.29) is 36.2 Å². The predicted molar refractivity (Wildman–Crippen MR) is 117 cm³/mol. The highest BCUT2D eigenvalue weighted by molar-refractivity contribution is 6.31. The van der Waals surface area contributed by atoms with E-state index < -0.39 is 11.9 Å². The number of rotatable bonds is 7. The molecule has 0 unspecified atom stereocenters. The van der Waals surface area contributed by atoms with Crippen molar-refractivity contribution in [1.29, 1.82) is 5.26 Å². The number of esters is 1. The molecular formula is C23H20ClN3O4. The molecule has 1 heterocycles. The second-order valence-corrected chi connectivity index (χ2v) is 6.96. The number of ether oxygens (including phenoxy) is 1. The zero-order valence-corrected chi connectivity index (χ0v) is 17.5. The van der Waals surface area contributed by atoms with Gasteiger partial charge in [0.25, 0.3) is 0 Å². The molecule has 3 rings (SSSR count). The van der Waals surface area contributed by atoms with Crippen LogP contribution >= 0.6 is 11.6 Å². The molecule has 0 aliphatic carbocycles. The monoisotopic (exact) mass is 437 g/mol. The van der Waals surface area contributed by atoms with E-state index in [4.69, 9.17) is 21.6 Å². The number of nitrogens with one attached hydrogen (secondary N) is 1. The largest absolute Gasteiger partial charge is 0.461 e. The van der Waals surface area contributed by atoms with Gasteiger partial charge < -0.3 is 15.2 Å². The summed E-state index contributed by atoms with van der Waals surface area (Å²) in [5.41, 5.74) is 3.49. The average Bonchev–Trinajstić information content (AvgIpc) is 3.09. The van der Waals surface area contributed by atoms with Gasteiger partial charge in [-0.25, -0.2) is 4.79 Å². The average molecular weight is 438 g/mol. The van der Waals surface area contributed by atoms with E-state index in [1.54, 1.807) is 25.1 Å². The maximum absolute atomic E-state index is 12.6. The summed E-state index contributed by atoms with van der Waals surface area (Å²) in [4.78, 5) is 24.5. The predicted octanol–water partition coefficient (Wildman–Crippen LogP) is 4.32. The van der Waals surface area contributed by atoms with E-state index in [1.165, 1.54) is 10.6 Å². The second kappa shape index (κ2) is 9.94. The van der Waals surface area contributed by atoms with Gasteiger partial charge in [-0.15, -0.1) is 0 Å². The van der Waals surface area contributed by atoms with Gasteiger partial charge in [-0.1, -0.05) is 41.9 Å². The van der Waals surface area contributed by atoms with Crippen LogP contribution in [0.5, 0.6) is 0 Å². The minimum absolute atomic E-state index is 0.0475. The molecule has 0 aliphatic heterocycles. The second-order valence-electron chi connectivity index (χ2n) is 6.57. The van der Waals surface area contributed by atoms with Crippen LogP contribution in [0.3, 0.4) is 0 Å². The first kappa shape index (κ1) is 22.1. The van der Waals surface area contributed by atoms with Crippen molar-refractivity contribution in [1.82, 2.24) is 4.57 Å². The number of halogens is 1. The molecule has 0 saturated heterocycles. The number of hydrogen-bond donors (Lipinski definition) is 2. The van der Waals surface area contributed by atoms with E-state index in [9.17, 15) is 14.7 Å². The molecule has 0 spiro atoms. The van der Waals surface area contributed by atoms with Crippen molar-refractivity contribution in [3.05, 3.63) is 71.0 Å². The van der Waals surface area contributed by atoms with Crippen molar-refractivity contribution in [3.8, 4) is 22.9 Å². The van der Waals surface area contributed by atoms with Crippen molar-refractivity contribution in [2.24, 2.45) is 0 Å². The van der Waals surface area contributed by atoms with Crippen LogP contribution in [0.25, 0.3) is 16.8 Å². The van der Waals surface area contributed by atoms with Crippen LogP contribution in [-0.4, -0.2) is 28.2 Å². The third kappa shape index (κ3) is 4.94. The highest BCUT2D eigenvalue weighted by Crippen LogP contribution is 2.31. The normalized spacial score (nSPS) is 10.4. The van der Waals surface area contributed by atoms with Crippen molar-refractivity contribution < 1.29 is 19.4 Å². The first-order chi connectivity index (χ1) is 15.0. The summed E-state index contributed by atoms with van der Waals surface area (Å²) < 4.78 is 6.63. The topological polar surface area (TPSA) is 104 Å². The Hall–Kier alpha value is -3.60. The van der Waals surface area contributed by atoms with E-state index in [1.807, 2.05) is 36.4 Å². The summed E-state index contributed by atoms with van der Waals surface area (Å²) in [6.07, 6.45) is -0.354. The fraction of sp³-hybridized carbons (Fsp3) is 0.174. The quantitative estimate of drug-likeness (QED) is 0.535. The lowest BCUT2D eigenvalue weighted by Crippen LogP contribution is -2.17. The van der Waals surface area contributed by atoms with Gasteiger partial charge in [-0.2, -0.15) is 5.26 Å². The molecule has 2 aromatic carbocycles. The number of nitriles is 1. The number of benzene rings is 2. The van der Waals surface area contributed by atoms with Gasteiger partial charge >= 0.3 is 5.97 Å². The first-order valence-electron chi connectivity index (χ1n) is 9.54. The number of hydrogen-bond acceptors (Lipinski definition) is 5. The molecule has 1 amide bonds. The molecule has 0 bridgehead atoms. The summed E-state index contributed by atoms with van der Waals surface area (Å²) in [5, 5.41) is 20.8. The first-order valence-corrected chi connectivity index (χ1v) is 9.92. The summed E-state index contributed by atoms with van der Waals surface area (Å²) >= 11 is 6.40. The smallest absolute Gasteiger partial charge is 0.357 e. The van der Waals surface area contributed by atoms with Crippen LogP contribution in [0.15, 0.2) is 54.6 Å². The zero-order chi connectivity index (χ0) is 22.4. The number of carbonyl (C=O) groups excluding carboxylic acids is 2. The maximum Gasteiger partial charge on any atom is 0.357 e. The van der Waals surface area contributed by atoms with E-state index in [2.05, 4.69) is 5.32 Å². The van der Waals surface area contributed by atoms with Crippen LogP contribution in [0.4, 0.5) is 5.69 Å². The number of aliphatic hydroxyl groups is 1. The van der Waals surface area contributed by atoms with Crippen LogP contribution < -0.4 is 5.32 Å². The van der Waals surface area contributed by atoms with Gasteiger partial charge in [0, 0.05) is 5.69 Å². The molecule has 3 aromatic rings. The van der Waals surface area contributed by atoms with E-state index in [0.717, 1.165) is 16.7 Å². The number of aliphatic hydroxyl groups excluding tert-OH is 1. The Bertz CT molecular complexity index is 1150. The van der Waals surface area contributed by atoms with Crippen molar-refractivity contribution in [3.63, 3.8) is 0 Å². The lowest BCUT2D eigenvalue weighted by Gasteiger charge is -2.13. The van der Waals surface area contributed by atoms with Crippen LogP contribution in [0, 0.1) is 11.3 Å². The van der Waals surface area contributed by atoms with Gasteiger partial charge in [-0.3, -0.25) is 9.36 Å². The highest BCUT2D eigenvalue weighted by atomic mass is 35.5. The summed E-state index contributed by atoms with van der Waals surface area (Å²) in [6, 6.07) is 18.0. The highest BCUT2D eigenvalue weighted by Gasteiger charge is 2.24. The summed E-state index contributed by atoms with van der Waals surface area (Å²) in [6.45, 7) is 1.78. The fourth-order valence-electron chi connectivity index (χ4n) is 3.15. The van der Waals surface area contributed by atoms with Crippen LogP contribution in [-0.2, 0) is 16.1 Å². The van der Waals surface area contributed by atoms with Gasteiger partial charge in [0.05, 0.1) is 25.0 Å². The molecule has 0 aliphatic rings. The molecule has 0 saturated carbocycles. The lowest BCUT2D eigenvalue weighted by molar-refractivity contribution is -0.115. The van der Waals surface area contributed by atoms with E-state index >= 15 is 0 Å². The third-order valence-corrected chi connectivity index (χ3v) is 4.78. The summed E-state index contributed by atoms with van der Waals surface area (Å²) in [5.74, 6) is -1.21. The SMILES string of the molecule is CCOC(=O)c1c(NC(=O)CC#N)cc(Cl)n1-c1ccc(-c2cccc(CO)c2)cc1. The number of amides is 1. The van der Waals surface area contributed by atoms with Crippen molar-refractivity contribution in [2.45, 2.75) is 20.0 Å². The Balaban J connectivity index is 2.03. The van der Waals surface area contributed by atoms with E-state index in [0.29, 0.717) is 5.69 Å². The molecule has 2 N–H and O–H groups in total. The maximum atomic E-state index is 12.6. The number of carbonyl (C=O) groups is 2. The minimum atomic E-state index is -0.651.